The molecule has 0 saturated carbocycles. The van der Waals surface area contributed by atoms with Crippen LogP contribution in [0.5, 0.6) is 0 Å². The van der Waals surface area contributed by atoms with E-state index in [-0.39, 0.29) is 0 Å². The van der Waals surface area contributed by atoms with Crippen LogP contribution in [0.25, 0.3) is 0 Å². The normalized spacial score (nSPS) is 12.8. The summed E-state index contributed by atoms with van der Waals surface area (Å²) in [6.07, 6.45) is 0. The Morgan fingerprint density at radius 3 is 2.43 bits per heavy atom. The van der Waals surface area contributed by atoms with Gasteiger partial charge in [0.2, 0.25) is 10.0 Å². The molecule has 122 valence electrons. The zero-order valence-corrected chi connectivity index (χ0v) is 14.2. The van der Waals surface area contributed by atoms with Crippen molar-refractivity contribution in [1.82, 2.24) is 4.72 Å². The Labute approximate surface area is 143 Å². The van der Waals surface area contributed by atoms with Gasteiger partial charge < -0.3 is 0 Å². The summed E-state index contributed by atoms with van der Waals surface area (Å²) in [5.74, 6) is 0. The van der Waals surface area contributed by atoms with Gasteiger partial charge >= 0.3 is 0 Å². The lowest BCUT2D eigenvalue weighted by atomic mass is 10.1. The molecule has 23 heavy (non-hydrogen) atoms. The van der Waals surface area contributed by atoms with Crippen molar-refractivity contribution in [3.63, 3.8) is 0 Å². The van der Waals surface area contributed by atoms with Crippen molar-refractivity contribution in [3.05, 3.63) is 68.2 Å². The third kappa shape index (κ3) is 4.00. The van der Waals surface area contributed by atoms with Crippen LogP contribution in [0.3, 0.4) is 0 Å². The summed E-state index contributed by atoms with van der Waals surface area (Å²) < 4.78 is 27.3. The maximum absolute atomic E-state index is 12.4. The SMILES string of the molecule is C[C@H](NS(=O)(=O)c1ccccc1[N+](=O)[O-])c1ccc(Cl)cc1Cl. The number of halogens is 2. The molecule has 0 fully saturated rings. The average Bonchev–Trinajstić information content (AvgIpc) is 2.46. The predicted octanol–water partition coefficient (Wildman–Crippen LogP) is 3.94. The third-order valence-electron chi connectivity index (χ3n) is 3.11. The summed E-state index contributed by atoms with van der Waals surface area (Å²) in [7, 11) is -4.09. The van der Waals surface area contributed by atoms with Crippen molar-refractivity contribution in [2.75, 3.05) is 0 Å². The van der Waals surface area contributed by atoms with Gasteiger partial charge in [0.05, 0.1) is 4.92 Å². The third-order valence-corrected chi connectivity index (χ3v) is 5.26. The first-order chi connectivity index (χ1) is 10.7. The number of hydrogen-bond donors (Lipinski definition) is 1. The van der Waals surface area contributed by atoms with Crippen LogP contribution in [-0.4, -0.2) is 13.3 Å². The number of nitro groups is 1. The fraction of sp³-hybridized carbons (Fsp3) is 0.143. The Kier molecular flexibility index (Phi) is 5.26. The minimum absolute atomic E-state index is 0.301. The Hall–Kier alpha value is -1.67. The van der Waals surface area contributed by atoms with E-state index in [0.29, 0.717) is 15.6 Å². The zero-order valence-electron chi connectivity index (χ0n) is 11.9. The fourth-order valence-electron chi connectivity index (χ4n) is 2.05. The van der Waals surface area contributed by atoms with E-state index in [1.807, 2.05) is 0 Å². The van der Waals surface area contributed by atoms with Gasteiger partial charge in [0, 0.05) is 22.2 Å². The van der Waals surface area contributed by atoms with Crippen LogP contribution in [0.1, 0.15) is 18.5 Å². The molecule has 2 aromatic carbocycles. The summed E-state index contributed by atoms with van der Waals surface area (Å²) in [5.41, 5.74) is 0.0210. The molecule has 0 bridgehead atoms. The van der Waals surface area contributed by atoms with Crippen LogP contribution >= 0.6 is 23.2 Å². The molecule has 0 aliphatic rings. The van der Waals surface area contributed by atoms with E-state index in [9.17, 15) is 18.5 Å². The molecule has 6 nitrogen and oxygen atoms in total. The molecule has 0 spiro atoms. The lowest BCUT2D eigenvalue weighted by molar-refractivity contribution is -0.387. The van der Waals surface area contributed by atoms with E-state index in [4.69, 9.17) is 23.2 Å². The molecule has 0 unspecified atom stereocenters. The van der Waals surface area contributed by atoms with Crippen LogP contribution in [0.2, 0.25) is 10.0 Å². The number of para-hydroxylation sites is 1. The highest BCUT2D eigenvalue weighted by Crippen LogP contribution is 2.29. The van der Waals surface area contributed by atoms with Crippen molar-refractivity contribution < 1.29 is 13.3 Å². The van der Waals surface area contributed by atoms with Gasteiger partial charge in [-0.3, -0.25) is 10.1 Å². The van der Waals surface area contributed by atoms with Gasteiger partial charge in [0.25, 0.3) is 5.69 Å². The van der Waals surface area contributed by atoms with Gasteiger partial charge in [-0.2, -0.15) is 0 Å². The second kappa shape index (κ2) is 6.84. The minimum atomic E-state index is -4.09. The van der Waals surface area contributed by atoms with E-state index >= 15 is 0 Å². The van der Waals surface area contributed by atoms with Crippen LogP contribution in [-0.2, 0) is 10.0 Å². The average molecular weight is 375 g/mol. The standard InChI is InChI=1S/C14H12Cl2N2O4S/c1-9(11-7-6-10(15)8-12(11)16)17-23(21,22)14-5-3-2-4-13(14)18(19)20/h2-9,17H,1H3/t9-/m0/s1. The topological polar surface area (TPSA) is 89.3 Å². The lowest BCUT2D eigenvalue weighted by Gasteiger charge is -2.16. The molecule has 0 radical (unpaired) electrons. The maximum Gasteiger partial charge on any atom is 0.289 e. The molecule has 1 N–H and O–H groups in total. The lowest BCUT2D eigenvalue weighted by Crippen LogP contribution is -2.27. The quantitative estimate of drug-likeness (QED) is 0.633. The second-order valence-corrected chi connectivity index (χ2v) is 7.26. The predicted molar refractivity (Wildman–Crippen MR) is 88.3 cm³/mol. The van der Waals surface area contributed by atoms with Gasteiger partial charge in [-0.15, -0.1) is 0 Å². The number of hydrogen-bond acceptors (Lipinski definition) is 4. The van der Waals surface area contributed by atoms with E-state index < -0.39 is 31.6 Å². The number of rotatable bonds is 5. The zero-order chi connectivity index (χ0) is 17.2. The molecule has 2 rings (SSSR count). The largest absolute Gasteiger partial charge is 0.289 e. The first kappa shape index (κ1) is 17.7. The molecule has 0 saturated heterocycles. The molecule has 0 amide bonds. The summed E-state index contributed by atoms with van der Waals surface area (Å²) in [5, 5.41) is 11.7. The van der Waals surface area contributed by atoms with Gasteiger partial charge in [0.15, 0.2) is 4.90 Å². The van der Waals surface area contributed by atoms with Crippen molar-refractivity contribution in [2.24, 2.45) is 0 Å². The minimum Gasteiger partial charge on any atom is -0.258 e. The first-order valence-corrected chi connectivity index (χ1v) is 8.67. The smallest absolute Gasteiger partial charge is 0.258 e. The summed E-state index contributed by atoms with van der Waals surface area (Å²) >= 11 is 11.9. The summed E-state index contributed by atoms with van der Waals surface area (Å²) in [6.45, 7) is 1.58. The van der Waals surface area contributed by atoms with Crippen LogP contribution in [0.4, 0.5) is 5.69 Å². The van der Waals surface area contributed by atoms with E-state index in [1.54, 1.807) is 19.1 Å². The molecule has 2 aromatic rings. The molecular formula is C14H12Cl2N2O4S. The van der Waals surface area contributed by atoms with Crippen LogP contribution in [0, 0.1) is 10.1 Å². The molecule has 0 aliphatic heterocycles. The molecular weight excluding hydrogens is 363 g/mol. The van der Waals surface area contributed by atoms with E-state index in [0.717, 1.165) is 6.07 Å². The highest BCUT2D eigenvalue weighted by Gasteiger charge is 2.27. The Morgan fingerprint density at radius 2 is 1.83 bits per heavy atom. The number of nitrogens with one attached hydrogen (secondary N) is 1. The molecule has 1 atom stereocenters. The van der Waals surface area contributed by atoms with Crippen molar-refractivity contribution in [3.8, 4) is 0 Å². The molecule has 0 aliphatic carbocycles. The fourth-order valence-corrected chi connectivity index (χ4v) is 4.01. The second-order valence-electron chi connectivity index (χ2n) is 4.73. The Bertz CT molecular complexity index is 856. The van der Waals surface area contributed by atoms with Crippen LogP contribution in [0.15, 0.2) is 47.4 Å². The highest BCUT2D eigenvalue weighted by atomic mass is 35.5. The summed E-state index contributed by atoms with van der Waals surface area (Å²) in [4.78, 5) is 9.85. The monoisotopic (exact) mass is 374 g/mol. The number of nitro benzene ring substituents is 1. The van der Waals surface area contributed by atoms with Gasteiger partial charge in [-0.25, -0.2) is 13.1 Å². The van der Waals surface area contributed by atoms with Gasteiger partial charge in [-0.1, -0.05) is 41.4 Å². The van der Waals surface area contributed by atoms with Gasteiger partial charge in [-0.05, 0) is 30.7 Å². The van der Waals surface area contributed by atoms with Gasteiger partial charge in [0.1, 0.15) is 0 Å². The Morgan fingerprint density at radius 1 is 1.17 bits per heavy atom. The van der Waals surface area contributed by atoms with Crippen LogP contribution < -0.4 is 4.72 Å². The van der Waals surface area contributed by atoms with E-state index in [1.165, 1.54) is 24.3 Å². The van der Waals surface area contributed by atoms with Crippen molar-refractivity contribution in [2.45, 2.75) is 17.9 Å². The summed E-state index contributed by atoms with van der Waals surface area (Å²) in [6, 6.07) is 9.11. The number of nitrogens with zero attached hydrogens (tertiary/aromatic N) is 1. The number of sulfonamides is 1. The number of benzene rings is 2. The molecule has 9 heteroatoms. The maximum atomic E-state index is 12.4. The van der Waals surface area contributed by atoms with Crippen molar-refractivity contribution in [1.29, 1.82) is 0 Å². The highest BCUT2D eigenvalue weighted by molar-refractivity contribution is 7.89. The molecule has 0 heterocycles. The molecule has 0 aromatic heterocycles. The van der Waals surface area contributed by atoms with Crippen molar-refractivity contribution >= 4 is 38.9 Å². The first-order valence-electron chi connectivity index (χ1n) is 6.43. The Balaban J connectivity index is 2.37. The van der Waals surface area contributed by atoms with E-state index in [2.05, 4.69) is 4.72 Å².